The van der Waals surface area contributed by atoms with Crippen LogP contribution in [-0.4, -0.2) is 19.6 Å². The summed E-state index contributed by atoms with van der Waals surface area (Å²) in [6.07, 6.45) is 5.47. The molecule has 4 nitrogen and oxygen atoms in total. The van der Waals surface area contributed by atoms with Crippen LogP contribution in [0.4, 0.5) is 0 Å². The van der Waals surface area contributed by atoms with Gasteiger partial charge in [-0.1, -0.05) is 24.3 Å². The molecule has 0 fully saturated rings. The van der Waals surface area contributed by atoms with E-state index >= 15 is 0 Å². The highest BCUT2D eigenvalue weighted by atomic mass is 16.5. The summed E-state index contributed by atoms with van der Waals surface area (Å²) >= 11 is 0. The highest BCUT2D eigenvalue weighted by Crippen LogP contribution is 2.12. The van der Waals surface area contributed by atoms with Crippen molar-refractivity contribution in [2.24, 2.45) is 0 Å². The van der Waals surface area contributed by atoms with E-state index in [0.717, 1.165) is 11.3 Å². The Labute approximate surface area is 106 Å². The van der Waals surface area contributed by atoms with E-state index in [2.05, 4.69) is 5.32 Å². The number of hydrogen-bond donors (Lipinski definition) is 1. The van der Waals surface area contributed by atoms with Crippen molar-refractivity contribution in [2.75, 3.05) is 13.7 Å². The minimum Gasteiger partial charge on any atom is -0.497 e. The summed E-state index contributed by atoms with van der Waals surface area (Å²) in [6.45, 7) is 0.912. The van der Waals surface area contributed by atoms with E-state index in [1.807, 2.05) is 36.4 Å². The van der Waals surface area contributed by atoms with Gasteiger partial charge in [0.25, 0.3) is 0 Å². The molecule has 1 heterocycles. The first-order valence-corrected chi connectivity index (χ1v) is 5.70. The summed E-state index contributed by atoms with van der Waals surface area (Å²) in [6, 6.07) is 7.41. The smallest absolute Gasteiger partial charge is 0.354 e. The highest BCUT2D eigenvalue weighted by Gasteiger charge is 2.11. The Morgan fingerprint density at radius 1 is 1.33 bits per heavy atom. The number of hydrogen-bond acceptors (Lipinski definition) is 4. The number of methoxy groups -OCH3 is 1. The molecule has 0 spiro atoms. The fourth-order valence-corrected chi connectivity index (χ4v) is 1.55. The van der Waals surface area contributed by atoms with Crippen LogP contribution in [0.1, 0.15) is 5.56 Å². The number of carbonyl (C=O) groups excluding carboxylic acids is 1. The zero-order chi connectivity index (χ0) is 12.8. The number of dihydropyridines is 1. The summed E-state index contributed by atoms with van der Waals surface area (Å²) < 4.78 is 10.3. The Morgan fingerprint density at radius 3 is 2.72 bits per heavy atom. The third-order valence-electron chi connectivity index (χ3n) is 2.56. The number of rotatable bonds is 4. The Bertz CT molecular complexity index is 474. The van der Waals surface area contributed by atoms with Crippen molar-refractivity contribution in [3.63, 3.8) is 0 Å². The second kappa shape index (κ2) is 5.91. The number of allylic oxidation sites excluding steroid dienone is 2. The van der Waals surface area contributed by atoms with Crippen LogP contribution in [0.15, 0.2) is 48.2 Å². The van der Waals surface area contributed by atoms with Gasteiger partial charge >= 0.3 is 5.97 Å². The van der Waals surface area contributed by atoms with Gasteiger partial charge in [0, 0.05) is 6.54 Å². The lowest BCUT2D eigenvalue weighted by Crippen LogP contribution is -2.24. The van der Waals surface area contributed by atoms with Gasteiger partial charge in [0.2, 0.25) is 0 Å². The van der Waals surface area contributed by atoms with Crippen molar-refractivity contribution in [2.45, 2.75) is 6.61 Å². The SMILES string of the molecule is COc1ccc(COC(=O)C2=CC=CCN2)cc1. The maximum atomic E-state index is 11.7. The number of benzene rings is 1. The van der Waals surface area contributed by atoms with Crippen molar-refractivity contribution >= 4 is 5.97 Å². The third kappa shape index (κ3) is 3.13. The molecule has 2 rings (SSSR count). The number of esters is 1. The highest BCUT2D eigenvalue weighted by molar-refractivity contribution is 5.88. The summed E-state index contributed by atoms with van der Waals surface area (Å²) in [5, 5.41) is 2.95. The lowest BCUT2D eigenvalue weighted by molar-refractivity contribution is -0.140. The van der Waals surface area contributed by atoms with Crippen LogP contribution in [0.2, 0.25) is 0 Å². The van der Waals surface area contributed by atoms with E-state index in [4.69, 9.17) is 9.47 Å². The molecule has 94 valence electrons. The van der Waals surface area contributed by atoms with Gasteiger partial charge in [0.1, 0.15) is 18.1 Å². The topological polar surface area (TPSA) is 47.6 Å². The Morgan fingerprint density at radius 2 is 2.11 bits per heavy atom. The van der Waals surface area contributed by atoms with Crippen molar-refractivity contribution in [1.82, 2.24) is 5.32 Å². The summed E-state index contributed by atoms with van der Waals surface area (Å²) in [7, 11) is 1.61. The molecule has 0 aromatic heterocycles. The molecule has 0 atom stereocenters. The molecule has 0 saturated carbocycles. The molecule has 0 unspecified atom stereocenters. The standard InChI is InChI=1S/C14H15NO3/c1-17-12-7-5-11(6-8-12)10-18-14(16)13-4-2-3-9-15-13/h2-8,15H,9-10H2,1H3. The van der Waals surface area contributed by atoms with Crippen LogP contribution in [0, 0.1) is 0 Å². The zero-order valence-corrected chi connectivity index (χ0v) is 10.2. The molecule has 0 bridgehead atoms. The Kier molecular flexibility index (Phi) is 4.02. The van der Waals surface area contributed by atoms with Crippen molar-refractivity contribution in [1.29, 1.82) is 0 Å². The Hall–Kier alpha value is -2.23. The second-order valence-corrected chi connectivity index (χ2v) is 3.81. The molecule has 0 amide bonds. The quantitative estimate of drug-likeness (QED) is 0.821. The molecule has 1 aliphatic rings. The lowest BCUT2D eigenvalue weighted by Gasteiger charge is -2.11. The van der Waals surface area contributed by atoms with E-state index in [1.165, 1.54) is 0 Å². The molecule has 0 aliphatic carbocycles. The normalized spacial score (nSPS) is 13.5. The van der Waals surface area contributed by atoms with Crippen LogP contribution in [0.25, 0.3) is 0 Å². The number of carbonyl (C=O) groups is 1. The van der Waals surface area contributed by atoms with Crippen LogP contribution in [0.3, 0.4) is 0 Å². The van der Waals surface area contributed by atoms with Crippen molar-refractivity contribution < 1.29 is 14.3 Å². The lowest BCUT2D eigenvalue weighted by atomic mass is 10.2. The second-order valence-electron chi connectivity index (χ2n) is 3.81. The van der Waals surface area contributed by atoms with Crippen molar-refractivity contribution in [3.8, 4) is 5.75 Å². The number of nitrogens with one attached hydrogen (secondary N) is 1. The molecular weight excluding hydrogens is 230 g/mol. The number of ether oxygens (including phenoxy) is 2. The van der Waals surface area contributed by atoms with Crippen LogP contribution >= 0.6 is 0 Å². The molecule has 1 aliphatic heterocycles. The van der Waals surface area contributed by atoms with Gasteiger partial charge in [-0.3, -0.25) is 0 Å². The van der Waals surface area contributed by atoms with Gasteiger partial charge in [0.05, 0.1) is 7.11 Å². The van der Waals surface area contributed by atoms with E-state index in [1.54, 1.807) is 13.2 Å². The molecule has 18 heavy (non-hydrogen) atoms. The largest absolute Gasteiger partial charge is 0.497 e. The van der Waals surface area contributed by atoms with E-state index in [0.29, 0.717) is 12.2 Å². The summed E-state index contributed by atoms with van der Waals surface area (Å²) in [4.78, 5) is 11.7. The molecular formula is C14H15NO3. The molecule has 0 radical (unpaired) electrons. The first kappa shape index (κ1) is 12.2. The molecule has 1 aromatic rings. The van der Waals surface area contributed by atoms with Gasteiger partial charge in [-0.15, -0.1) is 0 Å². The Balaban J connectivity index is 1.88. The van der Waals surface area contributed by atoms with Crippen LogP contribution in [-0.2, 0) is 16.1 Å². The van der Waals surface area contributed by atoms with E-state index in [9.17, 15) is 4.79 Å². The molecule has 1 N–H and O–H groups in total. The van der Waals surface area contributed by atoms with Crippen LogP contribution < -0.4 is 10.1 Å². The summed E-state index contributed by atoms with van der Waals surface area (Å²) in [5.41, 5.74) is 1.42. The van der Waals surface area contributed by atoms with Gasteiger partial charge < -0.3 is 14.8 Å². The molecule has 4 heteroatoms. The van der Waals surface area contributed by atoms with Gasteiger partial charge in [-0.2, -0.15) is 0 Å². The van der Waals surface area contributed by atoms with Crippen LogP contribution in [0.5, 0.6) is 5.75 Å². The minimum atomic E-state index is -0.338. The average Bonchev–Trinajstić information content (AvgIpc) is 2.46. The van der Waals surface area contributed by atoms with Gasteiger partial charge in [-0.05, 0) is 23.8 Å². The van der Waals surface area contributed by atoms with Crippen molar-refractivity contribution in [3.05, 3.63) is 53.8 Å². The average molecular weight is 245 g/mol. The maximum Gasteiger partial charge on any atom is 0.354 e. The monoisotopic (exact) mass is 245 g/mol. The predicted molar refractivity (Wildman–Crippen MR) is 68.0 cm³/mol. The summed E-state index contributed by atoms with van der Waals surface area (Å²) in [5.74, 6) is 0.446. The van der Waals surface area contributed by atoms with Gasteiger partial charge in [-0.25, -0.2) is 4.79 Å². The first-order valence-electron chi connectivity index (χ1n) is 5.70. The fraction of sp³-hybridized carbons (Fsp3) is 0.214. The molecule has 1 aromatic carbocycles. The maximum absolute atomic E-state index is 11.7. The van der Waals surface area contributed by atoms with E-state index < -0.39 is 0 Å². The predicted octanol–water partition coefficient (Wildman–Crippen LogP) is 1.78. The minimum absolute atomic E-state index is 0.256. The fourth-order valence-electron chi connectivity index (χ4n) is 1.55. The van der Waals surface area contributed by atoms with E-state index in [-0.39, 0.29) is 12.6 Å². The van der Waals surface area contributed by atoms with Gasteiger partial charge in [0.15, 0.2) is 0 Å². The third-order valence-corrected chi connectivity index (χ3v) is 2.56. The molecule has 0 saturated heterocycles. The zero-order valence-electron chi connectivity index (χ0n) is 10.2. The first-order chi connectivity index (χ1) is 8.79.